The van der Waals surface area contributed by atoms with Crippen molar-refractivity contribution in [2.75, 3.05) is 23.0 Å². The third-order valence-corrected chi connectivity index (χ3v) is 8.42. The van der Waals surface area contributed by atoms with Crippen LogP contribution in [0.15, 0.2) is 81.9 Å². The molecule has 1 atom stereocenters. The van der Waals surface area contributed by atoms with Gasteiger partial charge in [-0.3, -0.25) is 14.5 Å². The molecule has 2 aromatic carbocycles. The van der Waals surface area contributed by atoms with Gasteiger partial charge in [0, 0.05) is 29.4 Å². The number of aromatic nitrogens is 1. The number of amides is 2. The quantitative estimate of drug-likeness (QED) is 0.260. The van der Waals surface area contributed by atoms with Gasteiger partial charge in [-0.15, -0.1) is 22.7 Å². The molecule has 3 aromatic heterocycles. The highest BCUT2D eigenvalue weighted by Gasteiger charge is 2.33. The lowest BCUT2D eigenvalue weighted by atomic mass is 10.1. The summed E-state index contributed by atoms with van der Waals surface area (Å²) >= 11 is 2.76. The number of hydrogen-bond acceptors (Lipinski definition) is 7. The van der Waals surface area contributed by atoms with E-state index in [4.69, 9.17) is 9.40 Å². The highest BCUT2D eigenvalue weighted by Crippen LogP contribution is 2.34. The maximum atomic E-state index is 13.4. The van der Waals surface area contributed by atoms with E-state index < -0.39 is 0 Å². The van der Waals surface area contributed by atoms with Gasteiger partial charge in [0.1, 0.15) is 11.3 Å². The summed E-state index contributed by atoms with van der Waals surface area (Å²) in [5, 5.41) is 15.2. The summed E-state index contributed by atoms with van der Waals surface area (Å²) in [7, 11) is 0. The molecule has 0 aliphatic carbocycles. The van der Waals surface area contributed by atoms with E-state index in [2.05, 4.69) is 0 Å². The van der Waals surface area contributed by atoms with Gasteiger partial charge < -0.3 is 14.4 Å². The predicted octanol–water partition coefficient (Wildman–Crippen LogP) is 6.00. The SMILES string of the molecule is O=C(c1cccs1)N(CCCC(=O)N1c2ccccc2CC1CO)c1nc(-c2cc3ccccc3o2)cs1. The van der Waals surface area contributed by atoms with Crippen molar-refractivity contribution < 1.29 is 19.1 Å². The molecule has 4 heterocycles. The molecule has 1 aliphatic rings. The second-order valence-corrected chi connectivity index (χ2v) is 10.9. The normalized spacial score (nSPS) is 14.7. The minimum absolute atomic E-state index is 0.0559. The number of thiophene rings is 1. The van der Waals surface area contributed by atoms with Gasteiger partial charge in [0.05, 0.1) is 17.5 Å². The van der Waals surface area contributed by atoms with Crippen LogP contribution in [0.3, 0.4) is 0 Å². The molecule has 0 fully saturated rings. The summed E-state index contributed by atoms with van der Waals surface area (Å²) < 4.78 is 5.97. The second kappa shape index (κ2) is 10.5. The van der Waals surface area contributed by atoms with E-state index in [0.717, 1.165) is 22.2 Å². The summed E-state index contributed by atoms with van der Waals surface area (Å²) in [5.41, 5.74) is 3.38. The highest BCUT2D eigenvalue weighted by atomic mass is 32.1. The van der Waals surface area contributed by atoms with E-state index in [1.807, 2.05) is 71.4 Å². The Morgan fingerprint density at radius 2 is 1.92 bits per heavy atom. The number of thiazole rings is 1. The number of furan rings is 1. The van der Waals surface area contributed by atoms with E-state index in [9.17, 15) is 14.7 Å². The lowest BCUT2D eigenvalue weighted by molar-refractivity contribution is -0.119. The number of anilines is 2. The van der Waals surface area contributed by atoms with Crippen LogP contribution in [-0.4, -0.2) is 41.1 Å². The number of para-hydroxylation sites is 2. The molecular formula is C29H25N3O4S2. The van der Waals surface area contributed by atoms with Crippen molar-refractivity contribution in [3.63, 3.8) is 0 Å². The maximum absolute atomic E-state index is 13.4. The Hall–Kier alpha value is -3.79. The molecule has 38 heavy (non-hydrogen) atoms. The summed E-state index contributed by atoms with van der Waals surface area (Å²) in [6.07, 6.45) is 1.36. The summed E-state index contributed by atoms with van der Waals surface area (Å²) in [4.78, 5) is 35.4. The van der Waals surface area contributed by atoms with Crippen molar-refractivity contribution in [2.45, 2.75) is 25.3 Å². The van der Waals surface area contributed by atoms with Crippen LogP contribution < -0.4 is 9.80 Å². The van der Waals surface area contributed by atoms with E-state index in [0.29, 0.717) is 40.8 Å². The Morgan fingerprint density at radius 1 is 1.08 bits per heavy atom. The van der Waals surface area contributed by atoms with Crippen LogP contribution in [0.4, 0.5) is 10.8 Å². The number of hydrogen-bond donors (Lipinski definition) is 1. The van der Waals surface area contributed by atoms with Gasteiger partial charge in [0.15, 0.2) is 10.9 Å². The number of fused-ring (bicyclic) bond motifs is 2. The lowest BCUT2D eigenvalue weighted by Crippen LogP contribution is -2.40. The van der Waals surface area contributed by atoms with E-state index in [1.54, 1.807) is 15.9 Å². The molecule has 0 saturated carbocycles. The zero-order valence-electron chi connectivity index (χ0n) is 20.4. The van der Waals surface area contributed by atoms with Crippen LogP contribution in [0.1, 0.15) is 28.1 Å². The van der Waals surface area contributed by atoms with E-state index in [-0.39, 0.29) is 30.9 Å². The molecule has 0 spiro atoms. The highest BCUT2D eigenvalue weighted by molar-refractivity contribution is 7.14. The van der Waals surface area contributed by atoms with Crippen molar-refractivity contribution in [3.05, 3.63) is 87.9 Å². The molecule has 6 rings (SSSR count). The fourth-order valence-electron chi connectivity index (χ4n) is 4.88. The molecule has 2 amide bonds. The third-order valence-electron chi connectivity index (χ3n) is 6.70. The average molecular weight is 544 g/mol. The number of benzene rings is 2. The minimum atomic E-state index is -0.255. The van der Waals surface area contributed by atoms with Gasteiger partial charge in [-0.1, -0.05) is 42.5 Å². The molecule has 9 heteroatoms. The van der Waals surface area contributed by atoms with Gasteiger partial charge in [-0.2, -0.15) is 0 Å². The molecular weight excluding hydrogens is 518 g/mol. The average Bonchev–Trinajstić information content (AvgIpc) is 3.75. The molecule has 0 bridgehead atoms. The number of aliphatic hydroxyl groups is 1. The fourth-order valence-corrected chi connectivity index (χ4v) is 6.39. The van der Waals surface area contributed by atoms with Gasteiger partial charge in [0.2, 0.25) is 5.91 Å². The summed E-state index contributed by atoms with van der Waals surface area (Å²) in [6.45, 7) is 0.252. The first-order valence-electron chi connectivity index (χ1n) is 12.4. The molecule has 0 saturated heterocycles. The summed E-state index contributed by atoms with van der Waals surface area (Å²) in [5.74, 6) is 0.451. The lowest BCUT2D eigenvalue weighted by Gasteiger charge is -2.25. The number of carbonyl (C=O) groups is 2. The molecule has 7 nitrogen and oxygen atoms in total. The van der Waals surface area contributed by atoms with Crippen LogP contribution in [0.5, 0.6) is 0 Å². The van der Waals surface area contributed by atoms with Crippen LogP contribution >= 0.6 is 22.7 Å². The van der Waals surface area contributed by atoms with Gasteiger partial charge in [-0.25, -0.2) is 4.98 Å². The van der Waals surface area contributed by atoms with Crippen molar-refractivity contribution in [2.24, 2.45) is 0 Å². The minimum Gasteiger partial charge on any atom is -0.454 e. The smallest absolute Gasteiger partial charge is 0.270 e. The molecule has 5 aromatic rings. The monoisotopic (exact) mass is 543 g/mol. The van der Waals surface area contributed by atoms with Crippen LogP contribution in [0.2, 0.25) is 0 Å². The Kier molecular flexibility index (Phi) is 6.80. The van der Waals surface area contributed by atoms with Crippen molar-refractivity contribution >= 4 is 56.3 Å². The Morgan fingerprint density at radius 3 is 2.74 bits per heavy atom. The van der Waals surface area contributed by atoms with Crippen LogP contribution in [0.25, 0.3) is 22.4 Å². The number of nitrogens with zero attached hydrogens (tertiary/aromatic N) is 3. The van der Waals surface area contributed by atoms with Crippen molar-refractivity contribution in [1.29, 1.82) is 0 Å². The fraction of sp³-hybridized carbons (Fsp3) is 0.207. The van der Waals surface area contributed by atoms with Gasteiger partial charge >= 0.3 is 0 Å². The standard InChI is InChI=1S/C29H25N3O4S2/c33-17-21-15-19-7-1-3-9-23(19)32(21)27(34)12-5-13-31(28(35)26-11-6-14-37-26)29-30-22(18-38-29)25-16-20-8-2-4-10-24(20)36-25/h1-4,6-11,14,16,18,21,33H,5,12-13,15,17H2. The number of aliphatic hydroxyl groups excluding tert-OH is 1. The topological polar surface area (TPSA) is 86.9 Å². The second-order valence-electron chi connectivity index (χ2n) is 9.13. The first-order valence-corrected chi connectivity index (χ1v) is 14.2. The van der Waals surface area contributed by atoms with E-state index in [1.165, 1.54) is 22.7 Å². The van der Waals surface area contributed by atoms with Crippen LogP contribution in [-0.2, 0) is 11.2 Å². The van der Waals surface area contributed by atoms with Crippen molar-refractivity contribution in [1.82, 2.24) is 4.98 Å². The number of rotatable bonds is 8. The van der Waals surface area contributed by atoms with E-state index >= 15 is 0 Å². The van der Waals surface area contributed by atoms with Crippen LogP contribution in [0, 0.1) is 0 Å². The molecule has 192 valence electrons. The molecule has 0 radical (unpaired) electrons. The third kappa shape index (κ3) is 4.64. The molecule has 1 unspecified atom stereocenters. The predicted molar refractivity (Wildman–Crippen MR) is 151 cm³/mol. The zero-order valence-corrected chi connectivity index (χ0v) is 22.1. The first kappa shape index (κ1) is 24.5. The first-order chi connectivity index (χ1) is 18.6. The maximum Gasteiger partial charge on any atom is 0.270 e. The van der Waals surface area contributed by atoms with Gasteiger partial charge in [0.25, 0.3) is 5.91 Å². The number of carbonyl (C=O) groups excluding carboxylic acids is 2. The Labute approximate surface area is 227 Å². The zero-order chi connectivity index (χ0) is 26.1. The Balaban J connectivity index is 1.21. The largest absolute Gasteiger partial charge is 0.454 e. The Bertz CT molecular complexity index is 1560. The molecule has 1 N–H and O–H groups in total. The summed E-state index contributed by atoms with van der Waals surface area (Å²) in [6, 6.07) is 20.9. The van der Waals surface area contributed by atoms with Gasteiger partial charge in [-0.05, 0) is 48.1 Å². The van der Waals surface area contributed by atoms with Crippen molar-refractivity contribution in [3.8, 4) is 11.5 Å². The molecule has 1 aliphatic heterocycles.